The van der Waals surface area contributed by atoms with Crippen LogP contribution in [0.15, 0.2) is 0 Å². The molecule has 1 heterocycles. The standard InChI is InChI=1S/C12H17N3O3S/c1-7(10(16)17)6-13-11(18)15-12-14-8-4-2-3-5-9(8)19-12/h7H,2-6H2,1H3,(H,16,17)(H2,13,14,15,18). The Hall–Kier alpha value is -1.63. The van der Waals surface area contributed by atoms with Gasteiger partial charge in [-0.1, -0.05) is 6.92 Å². The molecule has 0 aromatic carbocycles. The number of aryl methyl sites for hydroxylation is 2. The number of nitrogens with one attached hydrogen (secondary N) is 2. The third kappa shape index (κ3) is 3.66. The van der Waals surface area contributed by atoms with Crippen LogP contribution in [-0.2, 0) is 17.6 Å². The van der Waals surface area contributed by atoms with E-state index in [0.29, 0.717) is 5.13 Å². The predicted octanol–water partition coefficient (Wildman–Crippen LogP) is 1.86. The van der Waals surface area contributed by atoms with E-state index in [-0.39, 0.29) is 6.54 Å². The van der Waals surface area contributed by atoms with Gasteiger partial charge in [0.25, 0.3) is 0 Å². The van der Waals surface area contributed by atoms with Crippen molar-refractivity contribution in [1.82, 2.24) is 10.3 Å². The van der Waals surface area contributed by atoms with Crippen LogP contribution in [0.25, 0.3) is 0 Å². The molecule has 0 aliphatic heterocycles. The molecule has 6 nitrogen and oxygen atoms in total. The van der Waals surface area contributed by atoms with Crippen LogP contribution in [0.2, 0.25) is 0 Å². The van der Waals surface area contributed by atoms with Gasteiger partial charge in [0.2, 0.25) is 0 Å². The average molecular weight is 283 g/mol. The lowest BCUT2D eigenvalue weighted by Crippen LogP contribution is -2.34. The summed E-state index contributed by atoms with van der Waals surface area (Å²) in [4.78, 5) is 27.9. The number of nitrogens with zero attached hydrogens (tertiary/aromatic N) is 1. The van der Waals surface area contributed by atoms with Crippen molar-refractivity contribution in [3.05, 3.63) is 10.6 Å². The van der Waals surface area contributed by atoms with Gasteiger partial charge in [-0.2, -0.15) is 0 Å². The number of thiazole rings is 1. The SMILES string of the molecule is CC(CNC(=O)Nc1nc2c(s1)CCCC2)C(=O)O. The number of carbonyl (C=O) groups excluding carboxylic acids is 1. The summed E-state index contributed by atoms with van der Waals surface area (Å²) in [6.45, 7) is 1.65. The second kappa shape index (κ2) is 6.01. The van der Waals surface area contributed by atoms with E-state index < -0.39 is 17.9 Å². The number of hydrogen-bond acceptors (Lipinski definition) is 4. The Morgan fingerprint density at radius 1 is 1.42 bits per heavy atom. The van der Waals surface area contributed by atoms with E-state index >= 15 is 0 Å². The van der Waals surface area contributed by atoms with Crippen LogP contribution in [0, 0.1) is 5.92 Å². The summed E-state index contributed by atoms with van der Waals surface area (Å²) in [7, 11) is 0. The molecule has 0 fully saturated rings. The molecule has 2 amide bonds. The maximum atomic E-state index is 11.6. The van der Waals surface area contributed by atoms with E-state index in [9.17, 15) is 9.59 Å². The van der Waals surface area contributed by atoms with Gasteiger partial charge in [0.15, 0.2) is 5.13 Å². The Bertz CT molecular complexity index is 463. The first-order valence-electron chi connectivity index (χ1n) is 6.32. The Labute approximate surface area is 115 Å². The van der Waals surface area contributed by atoms with Gasteiger partial charge in [0.1, 0.15) is 0 Å². The zero-order chi connectivity index (χ0) is 13.8. The van der Waals surface area contributed by atoms with Crippen LogP contribution in [0.1, 0.15) is 30.3 Å². The summed E-state index contributed by atoms with van der Waals surface area (Å²) in [6.07, 6.45) is 4.34. The van der Waals surface area contributed by atoms with Crippen molar-refractivity contribution in [3.8, 4) is 0 Å². The summed E-state index contributed by atoms with van der Waals surface area (Å²) in [5, 5.41) is 14.5. The van der Waals surface area contributed by atoms with Gasteiger partial charge in [0.05, 0.1) is 11.6 Å². The average Bonchev–Trinajstić information content (AvgIpc) is 2.77. The monoisotopic (exact) mass is 283 g/mol. The molecule has 19 heavy (non-hydrogen) atoms. The Kier molecular flexibility index (Phi) is 4.36. The van der Waals surface area contributed by atoms with Crippen molar-refractivity contribution < 1.29 is 14.7 Å². The summed E-state index contributed by atoms with van der Waals surface area (Å²) in [6, 6.07) is -0.404. The second-order valence-corrected chi connectivity index (χ2v) is 5.75. The summed E-state index contributed by atoms with van der Waals surface area (Å²) < 4.78 is 0. The van der Waals surface area contributed by atoms with Crippen LogP contribution < -0.4 is 10.6 Å². The second-order valence-electron chi connectivity index (χ2n) is 4.67. The number of hydrogen-bond donors (Lipinski definition) is 3. The molecular weight excluding hydrogens is 266 g/mol. The van der Waals surface area contributed by atoms with E-state index in [0.717, 1.165) is 25.0 Å². The molecule has 0 radical (unpaired) electrons. The largest absolute Gasteiger partial charge is 0.481 e. The Morgan fingerprint density at radius 2 is 2.16 bits per heavy atom. The summed E-state index contributed by atoms with van der Waals surface area (Å²) >= 11 is 1.50. The van der Waals surface area contributed by atoms with Gasteiger partial charge in [-0.25, -0.2) is 9.78 Å². The molecular formula is C12H17N3O3S. The zero-order valence-electron chi connectivity index (χ0n) is 10.7. The molecule has 0 bridgehead atoms. The van der Waals surface area contributed by atoms with Gasteiger partial charge in [-0.15, -0.1) is 11.3 Å². The van der Waals surface area contributed by atoms with E-state index in [4.69, 9.17) is 5.11 Å². The molecule has 1 unspecified atom stereocenters. The highest BCUT2D eigenvalue weighted by atomic mass is 32.1. The molecule has 3 N–H and O–H groups in total. The van der Waals surface area contributed by atoms with Gasteiger partial charge in [-0.05, 0) is 25.7 Å². The maximum absolute atomic E-state index is 11.6. The molecule has 1 aliphatic carbocycles. The predicted molar refractivity (Wildman–Crippen MR) is 72.6 cm³/mol. The molecule has 0 saturated carbocycles. The molecule has 0 spiro atoms. The topological polar surface area (TPSA) is 91.3 Å². The highest BCUT2D eigenvalue weighted by Crippen LogP contribution is 2.29. The van der Waals surface area contributed by atoms with Gasteiger partial charge < -0.3 is 10.4 Å². The van der Waals surface area contributed by atoms with Gasteiger partial charge in [-0.3, -0.25) is 10.1 Å². The number of anilines is 1. The third-order valence-corrected chi connectivity index (χ3v) is 4.13. The summed E-state index contributed by atoms with van der Waals surface area (Å²) in [5.74, 6) is -1.53. The first-order chi connectivity index (χ1) is 9.06. The van der Waals surface area contributed by atoms with Crippen molar-refractivity contribution >= 4 is 28.5 Å². The molecule has 1 aromatic heterocycles. The fraction of sp³-hybridized carbons (Fsp3) is 0.583. The molecule has 1 aromatic rings. The molecule has 1 atom stereocenters. The maximum Gasteiger partial charge on any atom is 0.321 e. The highest BCUT2D eigenvalue weighted by Gasteiger charge is 2.17. The van der Waals surface area contributed by atoms with Crippen LogP contribution >= 0.6 is 11.3 Å². The van der Waals surface area contributed by atoms with E-state index in [1.807, 2.05) is 0 Å². The Morgan fingerprint density at radius 3 is 2.84 bits per heavy atom. The quantitative estimate of drug-likeness (QED) is 0.786. The number of urea groups is 1. The van der Waals surface area contributed by atoms with E-state index in [1.165, 1.54) is 22.6 Å². The number of amides is 2. The Balaban J connectivity index is 1.85. The molecule has 1 aliphatic rings. The van der Waals surface area contributed by atoms with Gasteiger partial charge >= 0.3 is 12.0 Å². The summed E-state index contributed by atoms with van der Waals surface area (Å²) in [5.41, 5.74) is 1.09. The number of carbonyl (C=O) groups is 2. The number of fused-ring (bicyclic) bond motifs is 1. The minimum absolute atomic E-state index is 0.103. The van der Waals surface area contributed by atoms with Crippen molar-refractivity contribution in [2.24, 2.45) is 5.92 Å². The third-order valence-electron chi connectivity index (χ3n) is 3.06. The fourth-order valence-electron chi connectivity index (χ4n) is 1.88. The fourth-order valence-corrected chi connectivity index (χ4v) is 2.92. The molecule has 7 heteroatoms. The van der Waals surface area contributed by atoms with Crippen molar-refractivity contribution in [2.45, 2.75) is 32.6 Å². The normalized spacial score (nSPS) is 15.4. The lowest BCUT2D eigenvalue weighted by molar-refractivity contribution is -0.140. The minimum atomic E-state index is -0.926. The zero-order valence-corrected chi connectivity index (χ0v) is 11.5. The molecule has 0 saturated heterocycles. The van der Waals surface area contributed by atoms with Gasteiger partial charge in [0, 0.05) is 11.4 Å². The van der Waals surface area contributed by atoms with Crippen molar-refractivity contribution in [2.75, 3.05) is 11.9 Å². The van der Waals surface area contributed by atoms with Crippen molar-refractivity contribution in [3.63, 3.8) is 0 Å². The number of aromatic nitrogens is 1. The minimum Gasteiger partial charge on any atom is -0.481 e. The molecule has 2 rings (SSSR count). The number of carboxylic acids is 1. The van der Waals surface area contributed by atoms with Crippen LogP contribution in [0.5, 0.6) is 0 Å². The first-order valence-corrected chi connectivity index (χ1v) is 7.14. The van der Waals surface area contributed by atoms with Crippen LogP contribution in [0.4, 0.5) is 9.93 Å². The highest BCUT2D eigenvalue weighted by molar-refractivity contribution is 7.15. The van der Waals surface area contributed by atoms with E-state index in [1.54, 1.807) is 6.92 Å². The van der Waals surface area contributed by atoms with E-state index in [2.05, 4.69) is 15.6 Å². The number of rotatable bonds is 4. The smallest absolute Gasteiger partial charge is 0.321 e. The van der Waals surface area contributed by atoms with Crippen LogP contribution in [-0.4, -0.2) is 28.6 Å². The number of aliphatic carboxylic acids is 1. The first kappa shape index (κ1) is 13.8. The lowest BCUT2D eigenvalue weighted by atomic mass is 10.0. The van der Waals surface area contributed by atoms with Crippen LogP contribution in [0.3, 0.4) is 0 Å². The molecule has 104 valence electrons. The van der Waals surface area contributed by atoms with Crippen molar-refractivity contribution in [1.29, 1.82) is 0 Å². The lowest BCUT2D eigenvalue weighted by Gasteiger charge is -2.08. The number of carboxylic acid groups (broad SMARTS) is 1.